The Morgan fingerprint density at radius 3 is 2.14 bits per heavy atom. The van der Waals surface area contributed by atoms with Crippen LogP contribution in [-0.4, -0.2) is 92.7 Å². The molecule has 1 amide bonds. The lowest BCUT2D eigenvalue weighted by atomic mass is 10.2. The molecule has 8 nitrogen and oxygen atoms in total. The summed E-state index contributed by atoms with van der Waals surface area (Å²) in [5.74, 6) is -0.254. The van der Waals surface area contributed by atoms with Crippen LogP contribution in [0.25, 0.3) is 0 Å². The molecule has 2 aliphatic heterocycles. The highest BCUT2D eigenvalue weighted by molar-refractivity contribution is 7.89. The van der Waals surface area contributed by atoms with Crippen LogP contribution in [0.1, 0.15) is 5.56 Å². The first-order chi connectivity index (χ1) is 13.8. The van der Waals surface area contributed by atoms with Crippen molar-refractivity contribution in [2.75, 3.05) is 59.4 Å². The fraction of sp³-hybridized carbons (Fsp3) is 0.500. The fourth-order valence-corrected chi connectivity index (χ4v) is 4.85. The van der Waals surface area contributed by atoms with Crippen molar-refractivity contribution in [2.45, 2.75) is 11.8 Å². The van der Waals surface area contributed by atoms with Crippen LogP contribution in [0.2, 0.25) is 0 Å². The van der Waals surface area contributed by atoms with E-state index in [0.29, 0.717) is 39.3 Å². The van der Waals surface area contributed by atoms with E-state index in [2.05, 4.69) is 4.90 Å². The van der Waals surface area contributed by atoms with Gasteiger partial charge in [-0.15, -0.1) is 0 Å². The SMILES string of the molecule is Cc1ccc(S(=O)(=O)N2CCN(/C=C(/C#N)C(=O)N3CCN(C)CC3)CC2)cc1. The van der Waals surface area contributed by atoms with Gasteiger partial charge >= 0.3 is 0 Å². The fourth-order valence-electron chi connectivity index (χ4n) is 3.43. The molecule has 156 valence electrons. The first-order valence-electron chi connectivity index (χ1n) is 9.72. The van der Waals surface area contributed by atoms with Gasteiger partial charge in [-0.1, -0.05) is 17.7 Å². The van der Waals surface area contributed by atoms with Crippen molar-refractivity contribution in [3.05, 3.63) is 41.6 Å². The van der Waals surface area contributed by atoms with E-state index in [-0.39, 0.29) is 16.4 Å². The van der Waals surface area contributed by atoms with E-state index in [9.17, 15) is 18.5 Å². The zero-order valence-corrected chi connectivity index (χ0v) is 17.7. The van der Waals surface area contributed by atoms with E-state index in [1.807, 2.05) is 24.9 Å². The second kappa shape index (κ2) is 8.95. The summed E-state index contributed by atoms with van der Waals surface area (Å²) in [6, 6.07) is 8.84. The Labute approximate surface area is 172 Å². The molecule has 0 bridgehead atoms. The number of likely N-dealkylation sites (N-methyl/N-ethyl adjacent to an activating group) is 1. The monoisotopic (exact) mass is 417 g/mol. The van der Waals surface area contributed by atoms with Crippen molar-refractivity contribution in [3.8, 4) is 6.07 Å². The highest BCUT2D eigenvalue weighted by atomic mass is 32.2. The third-order valence-corrected chi connectivity index (χ3v) is 7.30. The zero-order valence-electron chi connectivity index (χ0n) is 16.9. The van der Waals surface area contributed by atoms with E-state index in [1.165, 1.54) is 4.31 Å². The van der Waals surface area contributed by atoms with Crippen LogP contribution >= 0.6 is 0 Å². The number of benzene rings is 1. The maximum absolute atomic E-state index is 12.8. The highest BCUT2D eigenvalue weighted by Gasteiger charge is 2.29. The maximum Gasteiger partial charge on any atom is 0.266 e. The lowest BCUT2D eigenvalue weighted by Crippen LogP contribution is -2.48. The average Bonchev–Trinajstić information content (AvgIpc) is 2.73. The molecular weight excluding hydrogens is 390 g/mol. The van der Waals surface area contributed by atoms with E-state index in [0.717, 1.165) is 18.7 Å². The molecule has 2 fully saturated rings. The van der Waals surface area contributed by atoms with Crippen molar-refractivity contribution in [3.63, 3.8) is 0 Å². The molecule has 0 radical (unpaired) electrons. The van der Waals surface area contributed by atoms with Crippen LogP contribution in [-0.2, 0) is 14.8 Å². The Kier molecular flexibility index (Phi) is 6.57. The number of nitrogens with zero attached hydrogens (tertiary/aromatic N) is 5. The van der Waals surface area contributed by atoms with Crippen LogP contribution in [0.3, 0.4) is 0 Å². The Morgan fingerprint density at radius 2 is 1.59 bits per heavy atom. The molecular formula is C20H27N5O3S. The minimum atomic E-state index is -3.53. The summed E-state index contributed by atoms with van der Waals surface area (Å²) in [5, 5.41) is 9.45. The smallest absolute Gasteiger partial charge is 0.266 e. The van der Waals surface area contributed by atoms with E-state index in [1.54, 1.807) is 35.4 Å². The molecule has 0 unspecified atom stereocenters. The molecule has 1 aromatic rings. The second-order valence-corrected chi connectivity index (χ2v) is 9.44. The van der Waals surface area contributed by atoms with Gasteiger partial charge in [0.25, 0.3) is 5.91 Å². The number of hydrogen-bond donors (Lipinski definition) is 0. The Hall–Kier alpha value is -2.41. The molecule has 0 aliphatic carbocycles. The van der Waals surface area contributed by atoms with Crippen molar-refractivity contribution < 1.29 is 13.2 Å². The highest BCUT2D eigenvalue weighted by Crippen LogP contribution is 2.19. The molecule has 2 saturated heterocycles. The number of hydrogen-bond acceptors (Lipinski definition) is 6. The van der Waals surface area contributed by atoms with Gasteiger partial charge in [-0.05, 0) is 26.1 Å². The van der Waals surface area contributed by atoms with Crippen LogP contribution in [0.5, 0.6) is 0 Å². The van der Waals surface area contributed by atoms with Crippen LogP contribution in [0.15, 0.2) is 40.9 Å². The van der Waals surface area contributed by atoms with E-state index >= 15 is 0 Å². The van der Waals surface area contributed by atoms with Gasteiger partial charge in [0, 0.05) is 58.6 Å². The third-order valence-electron chi connectivity index (χ3n) is 5.39. The van der Waals surface area contributed by atoms with Gasteiger partial charge in [0.15, 0.2) is 0 Å². The number of carbonyl (C=O) groups excluding carboxylic acids is 1. The standard InChI is InChI=1S/C20H27N5O3S/c1-17-3-5-19(6-4-17)29(27,28)25-13-9-23(10-14-25)16-18(15-21)20(26)24-11-7-22(2)8-12-24/h3-6,16H,7-14H2,1-2H3/b18-16-. The Morgan fingerprint density at radius 1 is 1.00 bits per heavy atom. The number of carbonyl (C=O) groups is 1. The molecule has 9 heteroatoms. The summed E-state index contributed by atoms with van der Waals surface area (Å²) in [7, 11) is -1.53. The van der Waals surface area contributed by atoms with E-state index in [4.69, 9.17) is 0 Å². The van der Waals surface area contributed by atoms with Crippen LogP contribution < -0.4 is 0 Å². The third kappa shape index (κ3) is 4.96. The van der Waals surface area contributed by atoms with Crippen molar-refractivity contribution in [1.29, 1.82) is 5.26 Å². The number of rotatable bonds is 4. The summed E-state index contributed by atoms with van der Waals surface area (Å²) >= 11 is 0. The number of sulfonamides is 1. The van der Waals surface area contributed by atoms with E-state index < -0.39 is 10.0 Å². The summed E-state index contributed by atoms with van der Waals surface area (Å²) in [6.45, 7) is 6.21. The normalized spacial score (nSPS) is 19.8. The number of nitriles is 1. The predicted octanol–water partition coefficient (Wildman–Crippen LogP) is 0.483. The average molecular weight is 418 g/mol. The van der Waals surface area contributed by atoms with Gasteiger partial charge in [0.2, 0.25) is 10.0 Å². The molecule has 0 N–H and O–H groups in total. The van der Waals surface area contributed by atoms with Gasteiger partial charge in [-0.2, -0.15) is 9.57 Å². The number of piperazine rings is 2. The quantitative estimate of drug-likeness (QED) is 0.523. The van der Waals surface area contributed by atoms with Crippen molar-refractivity contribution >= 4 is 15.9 Å². The molecule has 29 heavy (non-hydrogen) atoms. The molecule has 2 aliphatic rings. The first-order valence-corrected chi connectivity index (χ1v) is 11.2. The topological polar surface area (TPSA) is 88.0 Å². The molecule has 0 aromatic heterocycles. The summed E-state index contributed by atoms with van der Waals surface area (Å²) in [4.78, 5) is 18.6. The molecule has 3 rings (SSSR count). The minimum absolute atomic E-state index is 0.101. The Bertz CT molecular complexity index is 904. The maximum atomic E-state index is 12.8. The molecule has 0 atom stereocenters. The van der Waals surface area contributed by atoms with Gasteiger partial charge in [-0.25, -0.2) is 8.42 Å². The predicted molar refractivity (Wildman–Crippen MR) is 109 cm³/mol. The molecule has 2 heterocycles. The number of amides is 1. The Balaban J connectivity index is 1.62. The molecule has 0 spiro atoms. The summed E-state index contributed by atoms with van der Waals surface area (Å²) in [6.07, 6.45) is 1.58. The minimum Gasteiger partial charge on any atom is -0.373 e. The van der Waals surface area contributed by atoms with Gasteiger partial charge in [0.1, 0.15) is 11.6 Å². The van der Waals surface area contributed by atoms with Gasteiger partial charge in [0.05, 0.1) is 4.90 Å². The lowest BCUT2D eigenvalue weighted by molar-refractivity contribution is -0.128. The largest absolute Gasteiger partial charge is 0.373 e. The summed E-state index contributed by atoms with van der Waals surface area (Å²) in [5.41, 5.74) is 1.11. The van der Waals surface area contributed by atoms with Gasteiger partial charge < -0.3 is 14.7 Å². The van der Waals surface area contributed by atoms with Gasteiger partial charge in [-0.3, -0.25) is 4.79 Å². The van der Waals surface area contributed by atoms with Crippen molar-refractivity contribution in [1.82, 2.24) is 19.0 Å². The second-order valence-electron chi connectivity index (χ2n) is 7.50. The molecule has 0 saturated carbocycles. The molecule has 1 aromatic carbocycles. The van der Waals surface area contributed by atoms with Crippen molar-refractivity contribution in [2.24, 2.45) is 0 Å². The van der Waals surface area contributed by atoms with Crippen LogP contribution in [0.4, 0.5) is 0 Å². The summed E-state index contributed by atoms with van der Waals surface area (Å²) < 4.78 is 27.1. The first kappa shape index (κ1) is 21.3. The lowest BCUT2D eigenvalue weighted by Gasteiger charge is -2.34. The zero-order chi connectivity index (χ0) is 21.0. The number of aryl methyl sites for hydroxylation is 1. The van der Waals surface area contributed by atoms with Crippen LogP contribution in [0, 0.1) is 18.3 Å².